The number of carbonyl (C=O) groups is 5. The second-order valence-electron chi connectivity index (χ2n) is 19.3. The van der Waals surface area contributed by atoms with Gasteiger partial charge in [0.15, 0.2) is 5.78 Å². The first-order valence-electron chi connectivity index (χ1n) is 23.4. The second kappa shape index (κ2) is 24.3. The van der Waals surface area contributed by atoms with Gasteiger partial charge in [0, 0.05) is 51.4 Å². The Morgan fingerprint density at radius 2 is 1.59 bits per heavy atom. The maximum absolute atomic E-state index is 14.3. The predicted octanol–water partition coefficient (Wildman–Crippen LogP) is 6.56. The summed E-state index contributed by atoms with van der Waals surface area (Å²) in [5, 5.41) is 34.3. The van der Waals surface area contributed by atoms with E-state index in [2.05, 4.69) is 0 Å². The van der Waals surface area contributed by atoms with E-state index in [0.717, 1.165) is 25.7 Å². The molecule has 354 valence electrons. The fourth-order valence-electron chi connectivity index (χ4n) is 9.86. The van der Waals surface area contributed by atoms with Crippen molar-refractivity contribution in [2.24, 2.45) is 35.5 Å². The molecule has 3 fully saturated rings. The molecule has 1 aliphatic carbocycles. The molecule has 0 unspecified atom stereocenters. The van der Waals surface area contributed by atoms with Gasteiger partial charge in [0.25, 0.3) is 11.7 Å². The summed E-state index contributed by atoms with van der Waals surface area (Å²) in [5.41, 5.74) is 1.03. The molecule has 2 bridgehead atoms. The van der Waals surface area contributed by atoms with Gasteiger partial charge in [0.2, 0.25) is 5.79 Å². The third-order valence-corrected chi connectivity index (χ3v) is 14.1. The third-order valence-electron chi connectivity index (χ3n) is 14.1. The number of amides is 1. The second-order valence-corrected chi connectivity index (χ2v) is 19.3. The van der Waals surface area contributed by atoms with E-state index in [9.17, 15) is 39.3 Å². The van der Waals surface area contributed by atoms with Crippen LogP contribution < -0.4 is 0 Å². The monoisotopic (exact) mass is 884 g/mol. The van der Waals surface area contributed by atoms with Crippen LogP contribution in [0.4, 0.5) is 0 Å². The Hall–Kier alpha value is -3.33. The van der Waals surface area contributed by atoms with Gasteiger partial charge in [0.1, 0.15) is 30.1 Å². The van der Waals surface area contributed by atoms with Crippen molar-refractivity contribution >= 4 is 29.2 Å². The van der Waals surface area contributed by atoms with Crippen LogP contribution in [0.25, 0.3) is 0 Å². The highest BCUT2D eigenvalue weighted by Gasteiger charge is 2.53. The zero-order valence-electron chi connectivity index (χ0n) is 39.3. The number of piperidine rings is 1. The number of hydrogen-bond acceptors (Lipinski definition) is 12. The van der Waals surface area contributed by atoms with E-state index in [1.54, 1.807) is 53.0 Å². The third kappa shape index (κ3) is 14.1. The Morgan fingerprint density at radius 3 is 2.29 bits per heavy atom. The normalized spacial score (nSPS) is 40.1. The Morgan fingerprint density at radius 1 is 0.857 bits per heavy atom. The highest BCUT2D eigenvalue weighted by atomic mass is 16.6. The lowest BCUT2D eigenvalue weighted by atomic mass is 9.79. The van der Waals surface area contributed by atoms with Crippen molar-refractivity contribution in [1.82, 2.24) is 4.90 Å². The molecule has 0 radical (unpaired) electrons. The van der Waals surface area contributed by atoms with E-state index in [-0.39, 0.29) is 61.2 Å². The number of rotatable bonds is 5. The van der Waals surface area contributed by atoms with Gasteiger partial charge in [-0.1, -0.05) is 83.9 Å². The van der Waals surface area contributed by atoms with Crippen molar-refractivity contribution < 1.29 is 58.2 Å². The number of carbonyl (C=O) groups excluding carboxylic acids is 5. The first-order chi connectivity index (χ1) is 29.8. The number of aliphatic hydroxyl groups excluding tert-OH is 2. The molecule has 0 aromatic carbocycles. The van der Waals surface area contributed by atoms with Gasteiger partial charge in [-0.3, -0.25) is 19.2 Å². The molecule has 4 rings (SSSR count). The predicted molar refractivity (Wildman–Crippen MR) is 239 cm³/mol. The van der Waals surface area contributed by atoms with Gasteiger partial charge in [0.05, 0.1) is 18.3 Å². The van der Waals surface area contributed by atoms with Crippen molar-refractivity contribution in [2.75, 3.05) is 20.8 Å². The standard InChI is InChI=1S/C50H77NO12/c1-30-16-11-10-12-17-31(2)41(52)28-39-22-21-36(7)50(59,63-39)47(56)48(57)51-23-14-13-20-40(51)49(58)62-43(33(4)26-37-18-15-19-38(27-37)60-8)29-42(53)32(3)25-35(6)45(55)46(61-9)44(54)34(5)24-30/h10-12,16-17,25,30,32-34,36-41,43,45-46,52,55,59H,13-15,18-24,26-29H2,1-9H3/b12-10+,16-11+,31-17+,35-25+/t30-,32-,33-,34-,36-,37+,38+,39+,40+,41+,43+,45-,46+,50-/m1/s1. The lowest BCUT2D eigenvalue weighted by Crippen LogP contribution is -2.61. The number of cyclic esters (lactones) is 1. The molecule has 0 aromatic rings. The Balaban J connectivity index is 1.69. The minimum atomic E-state index is -2.46. The van der Waals surface area contributed by atoms with Crippen molar-refractivity contribution in [3.8, 4) is 0 Å². The van der Waals surface area contributed by atoms with Gasteiger partial charge >= 0.3 is 5.97 Å². The number of esters is 1. The quantitative estimate of drug-likeness (QED) is 0.154. The largest absolute Gasteiger partial charge is 0.460 e. The number of fused-ring (bicyclic) bond motifs is 3. The summed E-state index contributed by atoms with van der Waals surface area (Å²) in [4.78, 5) is 71.4. The molecule has 0 spiro atoms. The summed E-state index contributed by atoms with van der Waals surface area (Å²) < 4.78 is 23.5. The summed E-state index contributed by atoms with van der Waals surface area (Å²) >= 11 is 0. The minimum Gasteiger partial charge on any atom is -0.460 e. The van der Waals surface area contributed by atoms with Gasteiger partial charge in [-0.05, 0) is 101 Å². The van der Waals surface area contributed by atoms with Crippen molar-refractivity contribution in [3.63, 3.8) is 0 Å². The first kappa shape index (κ1) is 52.3. The minimum absolute atomic E-state index is 0.00753. The van der Waals surface area contributed by atoms with Crippen LogP contribution in [0.5, 0.6) is 0 Å². The van der Waals surface area contributed by atoms with Gasteiger partial charge in [-0.15, -0.1) is 0 Å². The molecule has 63 heavy (non-hydrogen) atoms. The summed E-state index contributed by atoms with van der Waals surface area (Å²) in [6.45, 7) is 12.6. The number of ketones is 3. The first-order valence-corrected chi connectivity index (χ1v) is 23.4. The van der Waals surface area contributed by atoms with E-state index in [1.807, 2.05) is 39.0 Å². The molecule has 1 amide bonds. The van der Waals surface area contributed by atoms with Crippen LogP contribution >= 0.6 is 0 Å². The van der Waals surface area contributed by atoms with Gasteiger partial charge in [-0.2, -0.15) is 0 Å². The smallest absolute Gasteiger partial charge is 0.329 e. The average molecular weight is 884 g/mol. The van der Waals surface area contributed by atoms with Crippen LogP contribution in [0.1, 0.15) is 132 Å². The molecular weight excluding hydrogens is 807 g/mol. The van der Waals surface area contributed by atoms with Gasteiger partial charge in [-0.25, -0.2) is 4.79 Å². The van der Waals surface area contributed by atoms with Crippen molar-refractivity contribution in [2.45, 2.75) is 180 Å². The number of hydrogen-bond donors (Lipinski definition) is 3. The van der Waals surface area contributed by atoms with Crippen LogP contribution in [-0.2, 0) is 42.9 Å². The van der Waals surface area contributed by atoms with E-state index < -0.39 is 77.8 Å². The zero-order valence-corrected chi connectivity index (χ0v) is 39.3. The number of Topliss-reactive ketones (excluding diaryl/α,β-unsaturated/α-hetero) is 3. The topological polar surface area (TPSA) is 186 Å². The maximum Gasteiger partial charge on any atom is 0.329 e. The Bertz CT molecular complexity index is 1700. The summed E-state index contributed by atoms with van der Waals surface area (Å²) in [6, 6.07) is -1.12. The lowest BCUT2D eigenvalue weighted by Gasteiger charge is -2.42. The number of aliphatic hydroxyl groups is 3. The van der Waals surface area contributed by atoms with Crippen LogP contribution in [-0.4, -0.2) is 119 Å². The van der Waals surface area contributed by atoms with E-state index in [0.29, 0.717) is 49.7 Å². The molecule has 3 aliphatic heterocycles. The number of methoxy groups -OCH3 is 2. The van der Waals surface area contributed by atoms with Crippen LogP contribution in [0.2, 0.25) is 0 Å². The Labute approximate surface area is 375 Å². The SMILES string of the molecule is CO[C@H]1CCC[C@@H](C[C@@H](C)[C@@H]2CC(=O)[C@H](C)/C=C(\C)[C@@H](O)[C@@H](OC)C(=O)[C@H](C)C[C@H](C)/C=C/C=C/C=C(\C)[C@@H](O)C[C@@H]3CC[C@@H](C)[C@@](O)(O3)C(=O)C(=O)N3CCCC[C@H]3C(=O)O2)C1. The molecule has 14 atom stereocenters. The van der Waals surface area contributed by atoms with E-state index in [4.69, 9.17) is 18.9 Å². The number of nitrogens with zero attached hydrogens (tertiary/aromatic N) is 1. The van der Waals surface area contributed by atoms with Gasteiger partial charge < -0.3 is 39.2 Å². The van der Waals surface area contributed by atoms with Crippen molar-refractivity contribution in [3.05, 3.63) is 47.6 Å². The molecule has 3 N–H and O–H groups in total. The van der Waals surface area contributed by atoms with Crippen molar-refractivity contribution in [1.29, 1.82) is 0 Å². The van der Waals surface area contributed by atoms with Crippen LogP contribution in [0.3, 0.4) is 0 Å². The number of allylic oxidation sites excluding steroid dienone is 6. The summed E-state index contributed by atoms with van der Waals surface area (Å²) in [6.07, 6.45) is 13.1. The molecule has 2 saturated heterocycles. The fourth-order valence-corrected chi connectivity index (χ4v) is 9.86. The molecular formula is C50H77NO12. The zero-order chi connectivity index (χ0) is 46.6. The lowest BCUT2D eigenvalue weighted by molar-refractivity contribution is -0.265. The Kier molecular flexibility index (Phi) is 20.1. The maximum atomic E-state index is 14.3. The summed E-state index contributed by atoms with van der Waals surface area (Å²) in [5.74, 6) is -7.73. The molecule has 3 heterocycles. The highest BCUT2D eigenvalue weighted by molar-refractivity contribution is 6.39. The summed E-state index contributed by atoms with van der Waals surface area (Å²) in [7, 11) is 3.09. The highest BCUT2D eigenvalue weighted by Crippen LogP contribution is 2.37. The fraction of sp³-hybridized carbons (Fsp3) is 0.740. The molecule has 4 aliphatic rings. The van der Waals surface area contributed by atoms with E-state index >= 15 is 0 Å². The molecule has 13 heteroatoms. The number of ether oxygens (including phenoxy) is 4. The van der Waals surface area contributed by atoms with E-state index in [1.165, 1.54) is 12.0 Å². The molecule has 0 aromatic heterocycles. The van der Waals surface area contributed by atoms with Crippen LogP contribution in [0.15, 0.2) is 47.6 Å². The molecule has 13 nitrogen and oxygen atoms in total. The van der Waals surface area contributed by atoms with Crippen LogP contribution in [0, 0.1) is 35.5 Å². The molecule has 1 saturated carbocycles. The average Bonchev–Trinajstić information content (AvgIpc) is 3.26.